The highest BCUT2D eigenvalue weighted by Crippen LogP contribution is 2.53. The molecule has 1 amide bonds. The number of likely N-dealkylation sites (tertiary alicyclic amines) is 2. The molecule has 3 heterocycles. The number of rotatable bonds is 10. The van der Waals surface area contributed by atoms with E-state index in [1.807, 2.05) is 18.2 Å². The molecule has 4 aliphatic rings. The fraction of sp³-hybridized carbons (Fsp3) is 0.452. The number of nitrogens with one attached hydrogen (secondary N) is 2. The molecule has 2 aromatic carbocycles. The second-order valence-corrected chi connectivity index (χ2v) is 12.5. The van der Waals surface area contributed by atoms with Gasteiger partial charge in [-0.05, 0) is 73.7 Å². The van der Waals surface area contributed by atoms with Crippen molar-refractivity contribution >= 4 is 45.6 Å². The zero-order chi connectivity index (χ0) is 28.1. The minimum Gasteiger partial charge on any atom is -0.491 e. The van der Waals surface area contributed by atoms with Gasteiger partial charge >= 0.3 is 0 Å². The lowest BCUT2D eigenvalue weighted by atomic mass is 10.1. The largest absolute Gasteiger partial charge is 0.491 e. The zero-order valence-corrected chi connectivity index (χ0v) is 23.8. The van der Waals surface area contributed by atoms with Crippen LogP contribution >= 0.6 is 11.6 Å². The van der Waals surface area contributed by atoms with Gasteiger partial charge in [-0.2, -0.15) is 0 Å². The Hall–Kier alpha value is -3.27. The summed E-state index contributed by atoms with van der Waals surface area (Å²) < 4.78 is 20.0. The van der Waals surface area contributed by atoms with Crippen LogP contribution in [0.15, 0.2) is 48.8 Å². The molecule has 3 unspecified atom stereocenters. The van der Waals surface area contributed by atoms with Crippen molar-refractivity contribution in [2.24, 2.45) is 29.6 Å². The number of ether oxygens (including phenoxy) is 1. The van der Waals surface area contributed by atoms with Crippen molar-refractivity contribution in [1.82, 2.24) is 19.8 Å². The Balaban J connectivity index is 1.09. The third kappa shape index (κ3) is 5.76. The van der Waals surface area contributed by atoms with Crippen molar-refractivity contribution in [2.75, 3.05) is 57.0 Å². The average Bonchev–Trinajstić information content (AvgIpc) is 3.71. The molecule has 7 rings (SSSR count). The van der Waals surface area contributed by atoms with Gasteiger partial charge in [0.1, 0.15) is 23.7 Å². The molecule has 4 fully saturated rings. The molecule has 0 bridgehead atoms. The monoisotopic (exact) mass is 576 g/mol. The number of piperidine rings is 2. The predicted octanol–water partition coefficient (Wildman–Crippen LogP) is 5.19. The molecule has 41 heavy (non-hydrogen) atoms. The third-order valence-electron chi connectivity index (χ3n) is 9.13. The van der Waals surface area contributed by atoms with Crippen molar-refractivity contribution in [1.29, 1.82) is 0 Å². The van der Waals surface area contributed by atoms with Gasteiger partial charge in [0, 0.05) is 55.9 Å². The van der Waals surface area contributed by atoms with Crippen LogP contribution in [0.5, 0.6) is 5.75 Å². The molecule has 2 aliphatic heterocycles. The summed E-state index contributed by atoms with van der Waals surface area (Å²) in [5, 5.41) is 6.93. The van der Waals surface area contributed by atoms with E-state index < -0.39 is 5.82 Å². The van der Waals surface area contributed by atoms with E-state index in [0.29, 0.717) is 46.4 Å². The minimum absolute atomic E-state index is 0.0150. The number of carbonyl (C=O) groups is 1. The maximum atomic E-state index is 13.7. The molecule has 3 aromatic rings. The standard InChI is InChI=1S/C31H34ClFN6O2/c1-38-15-23-21(24(23)16-38)6-8-41-29-12-27-22(31(35-17-34-27)36-20-4-5-26(33)25(32)10-20)11-28(29)37-30(40)3-2-7-39-13-18-9-19(18)14-39/h2-5,10-12,17-19,21,23-24H,6-9,13-16H2,1H3,(H,37,40)(H,34,35,36)/t18?,19?,21?,23-,24+. The van der Waals surface area contributed by atoms with E-state index in [9.17, 15) is 9.18 Å². The van der Waals surface area contributed by atoms with Crippen molar-refractivity contribution < 1.29 is 13.9 Å². The molecule has 2 N–H and O–H groups in total. The van der Waals surface area contributed by atoms with E-state index in [0.717, 1.165) is 49.7 Å². The van der Waals surface area contributed by atoms with Gasteiger partial charge < -0.3 is 20.3 Å². The van der Waals surface area contributed by atoms with Crippen LogP contribution < -0.4 is 15.4 Å². The fourth-order valence-corrected chi connectivity index (χ4v) is 7.01. The Bertz CT molecular complexity index is 1500. The Kier molecular flexibility index (Phi) is 7.05. The molecule has 1 aromatic heterocycles. The highest BCUT2D eigenvalue weighted by Gasteiger charge is 2.54. The van der Waals surface area contributed by atoms with Crippen LogP contribution in [-0.2, 0) is 4.79 Å². The SMILES string of the molecule is CN1C[C@@H]2C(CCOc3cc4ncnc(Nc5ccc(F)c(Cl)c5)c4cc3NC(=O)C=CCN3CC4CC4C3)[C@@H]2C1. The minimum atomic E-state index is -0.493. The van der Waals surface area contributed by atoms with Gasteiger partial charge in [-0.15, -0.1) is 0 Å². The zero-order valence-electron chi connectivity index (χ0n) is 23.0. The first-order valence-corrected chi connectivity index (χ1v) is 14.8. The Morgan fingerprint density at radius 3 is 2.73 bits per heavy atom. The van der Waals surface area contributed by atoms with E-state index in [2.05, 4.69) is 37.4 Å². The second-order valence-electron chi connectivity index (χ2n) is 12.1. The molecule has 0 spiro atoms. The summed E-state index contributed by atoms with van der Waals surface area (Å²) in [5.74, 6) is 4.39. The van der Waals surface area contributed by atoms with E-state index >= 15 is 0 Å². The first-order chi connectivity index (χ1) is 19.9. The van der Waals surface area contributed by atoms with Crippen LogP contribution in [0.4, 0.5) is 21.6 Å². The van der Waals surface area contributed by atoms with Crippen molar-refractivity contribution in [3.8, 4) is 5.75 Å². The summed E-state index contributed by atoms with van der Waals surface area (Å²) in [7, 11) is 2.18. The fourth-order valence-electron chi connectivity index (χ4n) is 6.83. The summed E-state index contributed by atoms with van der Waals surface area (Å²) in [6, 6.07) is 8.07. The van der Waals surface area contributed by atoms with Gasteiger partial charge in [0.15, 0.2) is 0 Å². The highest BCUT2D eigenvalue weighted by molar-refractivity contribution is 6.31. The van der Waals surface area contributed by atoms with Crippen molar-refractivity contribution in [3.05, 3.63) is 59.7 Å². The molecule has 5 atom stereocenters. The summed E-state index contributed by atoms with van der Waals surface area (Å²) in [6.45, 7) is 5.96. The number of halogens is 2. The van der Waals surface area contributed by atoms with Gasteiger partial charge in [0.25, 0.3) is 0 Å². The third-order valence-corrected chi connectivity index (χ3v) is 9.42. The van der Waals surface area contributed by atoms with E-state index in [1.165, 1.54) is 38.0 Å². The summed E-state index contributed by atoms with van der Waals surface area (Å²) in [6.07, 6.45) is 7.35. The maximum absolute atomic E-state index is 13.7. The van der Waals surface area contributed by atoms with Gasteiger partial charge in [-0.3, -0.25) is 9.69 Å². The number of benzene rings is 2. The normalized spacial score (nSPS) is 26.8. The molecule has 214 valence electrons. The van der Waals surface area contributed by atoms with Crippen LogP contribution in [0.2, 0.25) is 5.02 Å². The Morgan fingerprint density at radius 2 is 1.95 bits per heavy atom. The molecule has 2 aliphatic carbocycles. The number of hydrogen-bond donors (Lipinski definition) is 2. The first-order valence-electron chi connectivity index (χ1n) is 14.4. The quantitative estimate of drug-likeness (QED) is 0.321. The maximum Gasteiger partial charge on any atom is 0.248 e. The molecule has 10 heteroatoms. The summed E-state index contributed by atoms with van der Waals surface area (Å²) >= 11 is 5.98. The summed E-state index contributed by atoms with van der Waals surface area (Å²) in [4.78, 5) is 26.6. The lowest BCUT2D eigenvalue weighted by Gasteiger charge is -2.16. The lowest BCUT2D eigenvalue weighted by Crippen LogP contribution is -2.23. The smallest absolute Gasteiger partial charge is 0.248 e. The van der Waals surface area contributed by atoms with E-state index in [1.54, 1.807) is 12.1 Å². The Labute approximate surface area is 243 Å². The van der Waals surface area contributed by atoms with Gasteiger partial charge in [-0.1, -0.05) is 17.7 Å². The summed E-state index contributed by atoms with van der Waals surface area (Å²) in [5.41, 5.74) is 1.81. The first kappa shape index (κ1) is 26.6. The van der Waals surface area contributed by atoms with Crippen LogP contribution in [-0.4, -0.2) is 72.1 Å². The Morgan fingerprint density at radius 1 is 1.15 bits per heavy atom. The molecule has 2 saturated carbocycles. The van der Waals surface area contributed by atoms with Crippen molar-refractivity contribution in [2.45, 2.75) is 12.8 Å². The predicted molar refractivity (Wildman–Crippen MR) is 158 cm³/mol. The number of anilines is 3. The van der Waals surface area contributed by atoms with Crippen LogP contribution in [0.25, 0.3) is 10.9 Å². The highest BCUT2D eigenvalue weighted by atomic mass is 35.5. The van der Waals surface area contributed by atoms with Crippen LogP contribution in [0, 0.1) is 35.4 Å². The topological polar surface area (TPSA) is 82.6 Å². The molecular formula is C31H34ClFN6O2. The van der Waals surface area contributed by atoms with Crippen LogP contribution in [0.3, 0.4) is 0 Å². The number of fused-ring (bicyclic) bond motifs is 3. The average molecular weight is 577 g/mol. The second kappa shape index (κ2) is 10.9. The van der Waals surface area contributed by atoms with E-state index in [-0.39, 0.29) is 10.9 Å². The van der Waals surface area contributed by atoms with Crippen molar-refractivity contribution in [3.63, 3.8) is 0 Å². The number of nitrogens with zero attached hydrogens (tertiary/aromatic N) is 4. The van der Waals surface area contributed by atoms with Gasteiger partial charge in [0.05, 0.1) is 22.8 Å². The van der Waals surface area contributed by atoms with Crippen LogP contribution in [0.1, 0.15) is 12.8 Å². The molecule has 8 nitrogen and oxygen atoms in total. The molecule has 2 saturated heterocycles. The number of hydrogen-bond acceptors (Lipinski definition) is 7. The number of amides is 1. The van der Waals surface area contributed by atoms with E-state index in [4.69, 9.17) is 16.3 Å². The number of aromatic nitrogens is 2. The van der Waals surface area contributed by atoms with Gasteiger partial charge in [-0.25, -0.2) is 14.4 Å². The molecular weight excluding hydrogens is 543 g/mol. The lowest BCUT2D eigenvalue weighted by molar-refractivity contribution is -0.111. The number of carbonyl (C=O) groups excluding carboxylic acids is 1. The molecule has 0 radical (unpaired) electrons. The van der Waals surface area contributed by atoms with Gasteiger partial charge in [0.2, 0.25) is 5.91 Å².